The van der Waals surface area contributed by atoms with Crippen LogP contribution in [-0.4, -0.2) is 24.4 Å². The average molecular weight is 595 g/mol. The molecule has 3 rings (SSSR count). The summed E-state index contributed by atoms with van der Waals surface area (Å²) in [6.07, 6.45) is 0. The predicted molar refractivity (Wildman–Crippen MR) is 110 cm³/mol. The van der Waals surface area contributed by atoms with Crippen molar-refractivity contribution in [1.29, 1.82) is 0 Å². The van der Waals surface area contributed by atoms with Crippen LogP contribution in [0.5, 0.6) is 0 Å². The van der Waals surface area contributed by atoms with Crippen molar-refractivity contribution in [3.05, 3.63) is 81.9 Å². The number of rotatable bonds is 2. The van der Waals surface area contributed by atoms with Crippen LogP contribution in [0.25, 0.3) is 22.3 Å². The fraction of sp³-hybridized carbons (Fsp3) is 0.250. The zero-order chi connectivity index (χ0) is 17.4. The van der Waals surface area contributed by atoms with E-state index in [1.54, 1.807) is 0 Å². The Morgan fingerprint density at radius 1 is 0.556 bits per heavy atom. The van der Waals surface area contributed by atoms with E-state index in [0.717, 1.165) is 0 Å². The second kappa shape index (κ2) is 10.8. The molecule has 3 aromatic carbocycles. The van der Waals surface area contributed by atoms with Crippen LogP contribution in [0.1, 0.15) is 33.4 Å². The molecule has 3 heteroatoms. The smallest absolute Gasteiger partial charge is 0 e. The summed E-state index contributed by atoms with van der Waals surface area (Å²) in [5, 5.41) is 0. The quantitative estimate of drug-likeness (QED) is 0.375. The van der Waals surface area contributed by atoms with Gasteiger partial charge in [-0.25, -0.2) is 0 Å². The van der Waals surface area contributed by atoms with E-state index >= 15 is 0 Å². The molecule has 0 amide bonds. The van der Waals surface area contributed by atoms with Gasteiger partial charge in [-0.3, -0.25) is 0 Å². The van der Waals surface area contributed by atoms with E-state index in [4.69, 9.17) is 0 Å². The minimum atomic E-state index is 0. The molecule has 142 valence electrons. The van der Waals surface area contributed by atoms with E-state index in [9.17, 15) is 0 Å². The standard InChI is InChI=1S/C24H25.2BrH.Sb/c1-15-10-17(3)23(18(4)11-15)21-8-7-9-22(14-21)24-19(5)12-16(2)13-20(24)6;;;/h7-13H,1-6H3;2*1H;/p-2. The molecule has 0 N–H and O–H groups in total. The Morgan fingerprint density at radius 3 is 1.15 bits per heavy atom. The summed E-state index contributed by atoms with van der Waals surface area (Å²) in [6.45, 7) is 13.1. The fourth-order valence-corrected chi connectivity index (χ4v) is 3.97. The number of halogens is 2. The third kappa shape index (κ3) is 5.72. The first-order chi connectivity index (χ1) is 11.4. The predicted octanol–water partition coefficient (Wildman–Crippen LogP) is 0.299. The third-order valence-corrected chi connectivity index (χ3v) is 4.69. The van der Waals surface area contributed by atoms with Crippen molar-refractivity contribution in [1.82, 2.24) is 0 Å². The number of aryl methyl sites for hydroxylation is 6. The molecule has 0 atom stereocenters. The van der Waals surface area contributed by atoms with Crippen molar-refractivity contribution in [3.63, 3.8) is 0 Å². The molecular formula is C24H25Br2Sb-2. The van der Waals surface area contributed by atoms with Gasteiger partial charge >= 0.3 is 0 Å². The third-order valence-electron chi connectivity index (χ3n) is 4.69. The molecule has 0 aliphatic rings. The number of benzene rings is 3. The van der Waals surface area contributed by atoms with Gasteiger partial charge in [0.25, 0.3) is 0 Å². The van der Waals surface area contributed by atoms with Gasteiger partial charge in [0.15, 0.2) is 0 Å². The molecule has 4 radical (unpaired) electrons. The SMILES string of the molecule is Cc1cc(C)c(-c2[c]c(-c3c(C)cc(C)cc3C)ccc2)c(C)c1.[Br-].[Br-].[Sb]. The summed E-state index contributed by atoms with van der Waals surface area (Å²) in [5.41, 5.74) is 12.9. The minimum absolute atomic E-state index is 0. The van der Waals surface area contributed by atoms with Gasteiger partial charge in [0.05, 0.1) is 0 Å². The largest absolute Gasteiger partial charge is 1.00 e. The zero-order valence-electron chi connectivity index (χ0n) is 16.7. The van der Waals surface area contributed by atoms with Crippen LogP contribution < -0.4 is 34.0 Å². The molecule has 0 heterocycles. The summed E-state index contributed by atoms with van der Waals surface area (Å²) in [5.74, 6) is 0. The molecule has 0 fully saturated rings. The second-order valence-electron chi connectivity index (χ2n) is 7.03. The molecule has 0 aliphatic carbocycles. The van der Waals surface area contributed by atoms with Crippen molar-refractivity contribution < 1.29 is 34.0 Å². The van der Waals surface area contributed by atoms with E-state index in [0.29, 0.717) is 0 Å². The van der Waals surface area contributed by atoms with Crippen molar-refractivity contribution in [3.8, 4) is 22.3 Å². The van der Waals surface area contributed by atoms with Crippen LogP contribution >= 0.6 is 0 Å². The fourth-order valence-electron chi connectivity index (χ4n) is 3.97. The molecule has 0 saturated heterocycles. The minimum Gasteiger partial charge on any atom is -1.00 e. The van der Waals surface area contributed by atoms with Gasteiger partial charge in [0, 0.05) is 24.4 Å². The molecule has 0 spiro atoms. The van der Waals surface area contributed by atoms with Crippen molar-refractivity contribution in [2.75, 3.05) is 0 Å². The molecule has 27 heavy (non-hydrogen) atoms. The molecule has 0 nitrogen and oxygen atoms in total. The van der Waals surface area contributed by atoms with E-state index in [1.165, 1.54) is 55.6 Å². The van der Waals surface area contributed by atoms with E-state index < -0.39 is 0 Å². The van der Waals surface area contributed by atoms with Crippen LogP contribution in [0, 0.1) is 47.6 Å². The van der Waals surface area contributed by atoms with Crippen molar-refractivity contribution in [2.24, 2.45) is 0 Å². The summed E-state index contributed by atoms with van der Waals surface area (Å²) >= 11 is 0. The van der Waals surface area contributed by atoms with Crippen LogP contribution in [0.15, 0.2) is 42.5 Å². The average Bonchev–Trinajstić information content (AvgIpc) is 2.45. The Morgan fingerprint density at radius 2 is 0.852 bits per heavy atom. The normalized spacial score (nSPS) is 9.70. The first-order valence-electron chi connectivity index (χ1n) is 8.55. The van der Waals surface area contributed by atoms with Crippen LogP contribution in [0.2, 0.25) is 0 Å². The zero-order valence-corrected chi connectivity index (χ0v) is 22.5. The van der Waals surface area contributed by atoms with Crippen molar-refractivity contribution in [2.45, 2.75) is 41.5 Å². The van der Waals surface area contributed by atoms with Gasteiger partial charge in [-0.15, -0.1) is 0 Å². The van der Waals surface area contributed by atoms with Crippen molar-refractivity contribution >= 4 is 24.4 Å². The number of hydrogen-bond acceptors (Lipinski definition) is 0. The Balaban J connectivity index is 0.00000225. The number of hydrogen-bond donors (Lipinski definition) is 0. The molecule has 0 bridgehead atoms. The van der Waals surface area contributed by atoms with Crippen LogP contribution in [0.4, 0.5) is 0 Å². The van der Waals surface area contributed by atoms with Gasteiger partial charge < -0.3 is 34.0 Å². The second-order valence-corrected chi connectivity index (χ2v) is 7.03. The Kier molecular flexibility index (Phi) is 10.6. The summed E-state index contributed by atoms with van der Waals surface area (Å²) < 4.78 is 0. The molecular weight excluding hydrogens is 570 g/mol. The summed E-state index contributed by atoms with van der Waals surface area (Å²) in [7, 11) is 0. The maximum absolute atomic E-state index is 3.68. The van der Waals surface area contributed by atoms with Gasteiger partial charge in [0.2, 0.25) is 0 Å². The van der Waals surface area contributed by atoms with Crippen LogP contribution in [0.3, 0.4) is 0 Å². The Hall–Kier alpha value is -0.562. The molecule has 0 saturated carbocycles. The first kappa shape index (κ1) is 26.4. The van der Waals surface area contributed by atoms with Gasteiger partial charge in [-0.2, -0.15) is 0 Å². The monoisotopic (exact) mass is 592 g/mol. The maximum Gasteiger partial charge on any atom is 0 e. The molecule has 0 aromatic heterocycles. The molecule has 3 aromatic rings. The first-order valence-corrected chi connectivity index (χ1v) is 8.55. The molecule has 0 unspecified atom stereocenters. The summed E-state index contributed by atoms with van der Waals surface area (Å²) in [6, 6.07) is 19.2. The van der Waals surface area contributed by atoms with E-state index in [2.05, 4.69) is 90.1 Å². The maximum atomic E-state index is 3.68. The molecule has 0 aliphatic heterocycles. The Bertz CT molecular complexity index is 811. The summed E-state index contributed by atoms with van der Waals surface area (Å²) in [4.78, 5) is 0. The van der Waals surface area contributed by atoms with Gasteiger partial charge in [0.1, 0.15) is 0 Å². The Labute approximate surface area is 202 Å². The van der Waals surface area contributed by atoms with E-state index in [-0.39, 0.29) is 58.4 Å². The van der Waals surface area contributed by atoms with Gasteiger partial charge in [-0.05, 0) is 92.1 Å². The van der Waals surface area contributed by atoms with Crippen LogP contribution in [-0.2, 0) is 0 Å². The van der Waals surface area contributed by atoms with Gasteiger partial charge in [-0.1, -0.05) is 53.6 Å². The van der Waals surface area contributed by atoms with E-state index in [1.807, 2.05) is 0 Å². The topological polar surface area (TPSA) is 0 Å².